The van der Waals surface area contributed by atoms with E-state index in [-0.39, 0.29) is 0 Å². The highest BCUT2D eigenvalue weighted by Crippen LogP contribution is 2.33. The van der Waals surface area contributed by atoms with Crippen molar-refractivity contribution in [2.75, 3.05) is 0 Å². The van der Waals surface area contributed by atoms with Gasteiger partial charge in [0.25, 0.3) is 0 Å². The number of nitrogens with zero attached hydrogens (tertiary/aromatic N) is 2. The van der Waals surface area contributed by atoms with Crippen LogP contribution in [0.1, 0.15) is 43.3 Å². The number of aromatic amines is 1. The maximum absolute atomic E-state index is 9.54. The third-order valence-corrected chi connectivity index (χ3v) is 4.15. The van der Waals surface area contributed by atoms with Crippen LogP contribution < -0.4 is 0 Å². The molecule has 0 saturated heterocycles. The molecular weight excluding hydrogens is 234 g/mol. The number of aryl methyl sites for hydroxylation is 1. The van der Waals surface area contributed by atoms with Gasteiger partial charge in [-0.05, 0) is 63.8 Å². The average Bonchev–Trinajstić information content (AvgIpc) is 2.77. The molecule has 19 heavy (non-hydrogen) atoms. The maximum atomic E-state index is 9.54. The zero-order valence-corrected chi connectivity index (χ0v) is 12.4. The van der Waals surface area contributed by atoms with E-state index < -0.39 is 0 Å². The number of hydrogen-bond acceptors (Lipinski definition) is 2. The van der Waals surface area contributed by atoms with Gasteiger partial charge in [-0.25, -0.2) is 0 Å². The molecule has 0 atom stereocenters. The van der Waals surface area contributed by atoms with Gasteiger partial charge in [0.15, 0.2) is 0 Å². The molecule has 0 spiro atoms. The Morgan fingerprint density at radius 1 is 1.00 bits per heavy atom. The van der Waals surface area contributed by atoms with Crippen LogP contribution in [0.4, 0.5) is 0 Å². The van der Waals surface area contributed by atoms with Gasteiger partial charge < -0.3 is 4.98 Å². The molecule has 98 valence electrons. The number of hydrogen-bond donors (Lipinski definition) is 1. The molecule has 0 radical (unpaired) electrons. The van der Waals surface area contributed by atoms with Crippen LogP contribution >= 0.6 is 0 Å². The normalized spacial score (nSPS) is 17.6. The Hall–Kier alpha value is -2.08. The lowest BCUT2D eigenvalue weighted by molar-refractivity contribution is 1.20. The van der Waals surface area contributed by atoms with Gasteiger partial charge in [-0.3, -0.25) is 4.99 Å². The van der Waals surface area contributed by atoms with Gasteiger partial charge in [0.05, 0.1) is 11.4 Å². The predicted octanol–water partition coefficient (Wildman–Crippen LogP) is 3.99. The van der Waals surface area contributed by atoms with Crippen molar-refractivity contribution in [2.24, 2.45) is 4.99 Å². The van der Waals surface area contributed by atoms with Crippen molar-refractivity contribution in [3.05, 3.63) is 39.4 Å². The predicted molar refractivity (Wildman–Crippen MR) is 79.0 cm³/mol. The Kier molecular flexibility index (Phi) is 3.20. The topological polar surface area (TPSA) is 51.9 Å². The highest BCUT2D eigenvalue weighted by atomic mass is 14.8. The second-order valence-electron chi connectivity index (χ2n) is 5.16. The summed E-state index contributed by atoms with van der Waals surface area (Å²) in [6, 6.07) is 2.32. The fourth-order valence-corrected chi connectivity index (χ4v) is 2.35. The minimum Gasteiger partial charge on any atom is -0.358 e. The van der Waals surface area contributed by atoms with Gasteiger partial charge in [-0.15, -0.1) is 0 Å². The molecule has 1 N–H and O–H groups in total. The van der Waals surface area contributed by atoms with Gasteiger partial charge in [0.1, 0.15) is 11.6 Å². The van der Waals surface area contributed by atoms with E-state index >= 15 is 0 Å². The lowest BCUT2D eigenvalue weighted by Gasteiger charge is -2.04. The Balaban J connectivity index is 2.73. The zero-order valence-electron chi connectivity index (χ0n) is 12.4. The first kappa shape index (κ1) is 13.4. The number of rotatable bonds is 1. The van der Waals surface area contributed by atoms with Crippen molar-refractivity contribution < 1.29 is 0 Å². The Labute approximate surface area is 114 Å². The largest absolute Gasteiger partial charge is 0.358 e. The SMILES string of the molecule is CC1=NC(=C(C#N)c2[nH]c(C)c(C)c2C)C(C)=C1C. The molecule has 0 amide bonds. The summed E-state index contributed by atoms with van der Waals surface area (Å²) in [5, 5.41) is 9.54. The van der Waals surface area contributed by atoms with Crippen molar-refractivity contribution in [1.29, 1.82) is 5.26 Å². The van der Waals surface area contributed by atoms with Gasteiger partial charge in [0.2, 0.25) is 0 Å². The molecular formula is C16H19N3. The first-order valence-electron chi connectivity index (χ1n) is 6.42. The lowest BCUT2D eigenvalue weighted by atomic mass is 10.0. The van der Waals surface area contributed by atoms with Crippen molar-refractivity contribution in [1.82, 2.24) is 4.98 Å². The van der Waals surface area contributed by atoms with Crippen molar-refractivity contribution in [3.63, 3.8) is 0 Å². The molecule has 3 nitrogen and oxygen atoms in total. The summed E-state index contributed by atoms with van der Waals surface area (Å²) < 4.78 is 0. The molecule has 1 aromatic rings. The number of aromatic nitrogens is 1. The molecule has 3 heteroatoms. The molecule has 0 aliphatic carbocycles. The van der Waals surface area contributed by atoms with Gasteiger partial charge in [-0.1, -0.05) is 0 Å². The quantitative estimate of drug-likeness (QED) is 0.756. The minimum atomic E-state index is 0.641. The fourth-order valence-electron chi connectivity index (χ4n) is 2.35. The first-order valence-corrected chi connectivity index (χ1v) is 6.42. The van der Waals surface area contributed by atoms with Crippen molar-refractivity contribution in [3.8, 4) is 6.07 Å². The summed E-state index contributed by atoms with van der Waals surface area (Å²) in [6.07, 6.45) is 0. The molecule has 1 aromatic heterocycles. The van der Waals surface area contributed by atoms with Crippen LogP contribution in [0.5, 0.6) is 0 Å². The fraction of sp³-hybridized carbons (Fsp3) is 0.375. The van der Waals surface area contributed by atoms with Crippen LogP contribution in [0, 0.1) is 32.1 Å². The summed E-state index contributed by atoms with van der Waals surface area (Å²) >= 11 is 0. The number of H-pyrrole nitrogens is 1. The van der Waals surface area contributed by atoms with Gasteiger partial charge >= 0.3 is 0 Å². The van der Waals surface area contributed by atoms with E-state index in [1.807, 2.05) is 34.6 Å². The van der Waals surface area contributed by atoms with E-state index in [0.717, 1.165) is 33.9 Å². The van der Waals surface area contributed by atoms with E-state index in [1.165, 1.54) is 11.1 Å². The molecule has 0 fully saturated rings. The Bertz CT molecular complexity index is 688. The van der Waals surface area contributed by atoms with Crippen LogP contribution in [0.2, 0.25) is 0 Å². The number of aliphatic imine (C=N–C) groups is 1. The van der Waals surface area contributed by atoms with E-state index in [9.17, 15) is 5.26 Å². The minimum absolute atomic E-state index is 0.641. The third kappa shape index (κ3) is 1.94. The van der Waals surface area contributed by atoms with Crippen LogP contribution in [0.15, 0.2) is 21.8 Å². The highest BCUT2D eigenvalue weighted by molar-refractivity contribution is 6.04. The van der Waals surface area contributed by atoms with Gasteiger partial charge in [0, 0.05) is 11.4 Å². The summed E-state index contributed by atoms with van der Waals surface area (Å²) in [7, 11) is 0. The van der Waals surface area contributed by atoms with Crippen molar-refractivity contribution in [2.45, 2.75) is 41.5 Å². The molecule has 1 aliphatic heterocycles. The van der Waals surface area contributed by atoms with E-state index in [1.54, 1.807) is 0 Å². The molecule has 0 aromatic carbocycles. The average molecular weight is 253 g/mol. The van der Waals surface area contributed by atoms with Crippen molar-refractivity contribution >= 4 is 11.3 Å². The summed E-state index contributed by atoms with van der Waals surface area (Å²) in [6.45, 7) is 12.2. The molecule has 0 bridgehead atoms. The summed E-state index contributed by atoms with van der Waals surface area (Å²) in [4.78, 5) is 7.88. The molecule has 0 saturated carbocycles. The lowest BCUT2D eigenvalue weighted by Crippen LogP contribution is -1.91. The second-order valence-corrected chi connectivity index (χ2v) is 5.16. The van der Waals surface area contributed by atoms with Crippen LogP contribution in [0.25, 0.3) is 5.57 Å². The van der Waals surface area contributed by atoms with Crippen LogP contribution in [-0.4, -0.2) is 10.7 Å². The molecule has 2 rings (SSSR count). The van der Waals surface area contributed by atoms with E-state index in [2.05, 4.69) is 23.0 Å². The first-order chi connectivity index (χ1) is 8.88. The maximum Gasteiger partial charge on any atom is 0.104 e. The molecule has 0 unspecified atom stereocenters. The Morgan fingerprint density at radius 2 is 1.63 bits per heavy atom. The number of allylic oxidation sites excluding steroid dienone is 3. The Morgan fingerprint density at radius 3 is 2.00 bits per heavy atom. The van der Waals surface area contributed by atoms with Crippen LogP contribution in [0.3, 0.4) is 0 Å². The smallest absolute Gasteiger partial charge is 0.104 e. The van der Waals surface area contributed by atoms with Crippen LogP contribution in [-0.2, 0) is 0 Å². The second kappa shape index (κ2) is 4.55. The van der Waals surface area contributed by atoms with E-state index in [4.69, 9.17) is 0 Å². The summed E-state index contributed by atoms with van der Waals surface area (Å²) in [5.41, 5.74) is 9.06. The molecule has 2 heterocycles. The number of nitrogens with one attached hydrogen (secondary N) is 1. The monoisotopic (exact) mass is 253 g/mol. The molecule has 1 aliphatic rings. The van der Waals surface area contributed by atoms with Gasteiger partial charge in [-0.2, -0.15) is 5.26 Å². The standard InChI is InChI=1S/C16H19N3/c1-8-10(3)15(18-12(8)5)14(7-17)16-11(4)9(2)13(6)19-16/h18H,1-6H3. The zero-order chi connectivity index (χ0) is 14.3. The third-order valence-electron chi connectivity index (χ3n) is 4.15. The summed E-state index contributed by atoms with van der Waals surface area (Å²) in [5.74, 6) is 0. The highest BCUT2D eigenvalue weighted by Gasteiger charge is 2.21. The number of nitriles is 1. The van der Waals surface area contributed by atoms with E-state index in [0.29, 0.717) is 5.57 Å².